The number of hydroxylamine groups is 1. The van der Waals surface area contributed by atoms with Crippen molar-refractivity contribution in [3.63, 3.8) is 0 Å². The third-order valence-electron chi connectivity index (χ3n) is 2.69. The van der Waals surface area contributed by atoms with Crippen LogP contribution in [0, 0.1) is 11.3 Å². The summed E-state index contributed by atoms with van der Waals surface area (Å²) in [5.74, 6) is 0. The van der Waals surface area contributed by atoms with Crippen molar-refractivity contribution in [2.24, 2.45) is 0 Å². The molecule has 1 heterocycles. The minimum absolute atomic E-state index is 0.00895. The number of ether oxygens (including phenoxy) is 1. The van der Waals surface area contributed by atoms with Crippen molar-refractivity contribution in [3.8, 4) is 6.07 Å². The van der Waals surface area contributed by atoms with Crippen LogP contribution in [0.2, 0.25) is 0 Å². The lowest BCUT2D eigenvalue weighted by molar-refractivity contribution is -0.0299. The van der Waals surface area contributed by atoms with E-state index in [0.29, 0.717) is 5.57 Å². The van der Waals surface area contributed by atoms with Crippen molar-refractivity contribution in [2.75, 3.05) is 12.2 Å². The summed E-state index contributed by atoms with van der Waals surface area (Å²) in [5, 5.41) is 10.9. The fourth-order valence-corrected chi connectivity index (χ4v) is 1.97. The van der Waals surface area contributed by atoms with Crippen LogP contribution in [0.25, 0.3) is 6.08 Å². The highest BCUT2D eigenvalue weighted by Crippen LogP contribution is 2.33. The summed E-state index contributed by atoms with van der Waals surface area (Å²) < 4.78 is 5.77. The Balaban J connectivity index is 2.46. The quantitative estimate of drug-likeness (QED) is 0.820. The molecule has 2 rings (SSSR count). The molecule has 0 spiro atoms. The second kappa shape index (κ2) is 5.21. The SMILES string of the molecule is CON1c2ccccc2C=C(C#N)C1OC(C)C. The highest BCUT2D eigenvalue weighted by Gasteiger charge is 2.30. The number of rotatable bonds is 3. The van der Waals surface area contributed by atoms with Crippen LogP contribution in [-0.2, 0) is 9.57 Å². The van der Waals surface area contributed by atoms with E-state index in [9.17, 15) is 5.26 Å². The third-order valence-corrected chi connectivity index (χ3v) is 2.69. The molecule has 0 radical (unpaired) electrons. The second-order valence-corrected chi connectivity index (χ2v) is 4.32. The Morgan fingerprint density at radius 2 is 2.06 bits per heavy atom. The van der Waals surface area contributed by atoms with Crippen molar-refractivity contribution in [1.82, 2.24) is 0 Å². The molecule has 0 aliphatic carbocycles. The first kappa shape index (κ1) is 12.6. The number of nitriles is 1. The summed E-state index contributed by atoms with van der Waals surface area (Å²) in [6, 6.07) is 9.94. The van der Waals surface area contributed by atoms with Gasteiger partial charge in [0.1, 0.15) is 0 Å². The van der Waals surface area contributed by atoms with Gasteiger partial charge in [0.2, 0.25) is 0 Å². The molecule has 1 aliphatic rings. The molecule has 94 valence electrons. The maximum absolute atomic E-state index is 9.23. The Morgan fingerprint density at radius 1 is 1.33 bits per heavy atom. The van der Waals surface area contributed by atoms with Gasteiger partial charge in [0.15, 0.2) is 6.23 Å². The summed E-state index contributed by atoms with van der Waals surface area (Å²) in [5.41, 5.74) is 2.41. The Morgan fingerprint density at radius 3 is 2.67 bits per heavy atom. The largest absolute Gasteiger partial charge is 0.348 e. The maximum Gasteiger partial charge on any atom is 0.190 e. The lowest BCUT2D eigenvalue weighted by atomic mass is 10.0. The highest BCUT2D eigenvalue weighted by molar-refractivity contribution is 5.75. The topological polar surface area (TPSA) is 45.5 Å². The number of nitrogens with zero attached hydrogens (tertiary/aromatic N) is 2. The minimum atomic E-state index is -0.491. The molecular weight excluding hydrogens is 228 g/mol. The summed E-state index contributed by atoms with van der Waals surface area (Å²) in [6.45, 7) is 3.87. The molecular formula is C14H16N2O2. The molecule has 1 aliphatic heterocycles. The first-order valence-electron chi connectivity index (χ1n) is 5.87. The van der Waals surface area contributed by atoms with E-state index < -0.39 is 6.23 Å². The van der Waals surface area contributed by atoms with Gasteiger partial charge in [0.05, 0.1) is 30.5 Å². The van der Waals surface area contributed by atoms with Gasteiger partial charge in [-0.2, -0.15) is 5.26 Å². The van der Waals surface area contributed by atoms with Crippen LogP contribution in [0.15, 0.2) is 29.8 Å². The monoisotopic (exact) mass is 244 g/mol. The lowest BCUT2D eigenvalue weighted by Crippen LogP contribution is -2.41. The number of fused-ring (bicyclic) bond motifs is 1. The minimum Gasteiger partial charge on any atom is -0.348 e. The summed E-state index contributed by atoms with van der Waals surface area (Å²) in [6.07, 6.45) is 1.36. The van der Waals surface area contributed by atoms with E-state index in [1.165, 1.54) is 0 Å². The van der Waals surface area contributed by atoms with E-state index in [1.807, 2.05) is 44.2 Å². The van der Waals surface area contributed by atoms with Gasteiger partial charge in [0, 0.05) is 5.56 Å². The van der Waals surface area contributed by atoms with Crippen molar-refractivity contribution in [1.29, 1.82) is 5.26 Å². The van der Waals surface area contributed by atoms with Crippen LogP contribution in [0.4, 0.5) is 5.69 Å². The standard InChI is InChI=1S/C14H16N2O2/c1-10(2)18-14-12(9-15)8-11-6-4-5-7-13(11)16(14)17-3/h4-8,10,14H,1-3H3. The van der Waals surface area contributed by atoms with Crippen LogP contribution >= 0.6 is 0 Å². The van der Waals surface area contributed by atoms with Crippen molar-refractivity contribution in [3.05, 3.63) is 35.4 Å². The zero-order chi connectivity index (χ0) is 13.1. The average molecular weight is 244 g/mol. The van der Waals surface area contributed by atoms with E-state index >= 15 is 0 Å². The molecule has 0 N–H and O–H groups in total. The molecule has 0 saturated heterocycles. The average Bonchev–Trinajstić information content (AvgIpc) is 2.37. The summed E-state index contributed by atoms with van der Waals surface area (Å²) in [4.78, 5) is 5.38. The molecule has 1 atom stereocenters. The van der Waals surface area contributed by atoms with Gasteiger partial charge in [-0.1, -0.05) is 18.2 Å². The van der Waals surface area contributed by atoms with Crippen LogP contribution in [0.1, 0.15) is 19.4 Å². The predicted octanol–water partition coefficient (Wildman–Crippen LogP) is 2.73. The van der Waals surface area contributed by atoms with E-state index in [0.717, 1.165) is 11.3 Å². The number of hydrogen-bond acceptors (Lipinski definition) is 4. The van der Waals surface area contributed by atoms with Gasteiger partial charge in [-0.05, 0) is 26.0 Å². The fraction of sp³-hybridized carbons (Fsp3) is 0.357. The summed E-state index contributed by atoms with van der Waals surface area (Å²) >= 11 is 0. The van der Waals surface area contributed by atoms with Gasteiger partial charge < -0.3 is 4.74 Å². The predicted molar refractivity (Wildman–Crippen MR) is 69.5 cm³/mol. The third kappa shape index (κ3) is 2.23. The Hall–Kier alpha value is -1.83. The van der Waals surface area contributed by atoms with Gasteiger partial charge in [-0.15, -0.1) is 0 Å². The van der Waals surface area contributed by atoms with Gasteiger partial charge in [0.25, 0.3) is 0 Å². The van der Waals surface area contributed by atoms with Crippen LogP contribution in [0.5, 0.6) is 0 Å². The Bertz CT molecular complexity index is 503. The number of benzene rings is 1. The maximum atomic E-state index is 9.23. The van der Waals surface area contributed by atoms with Crippen LogP contribution in [0.3, 0.4) is 0 Å². The van der Waals surface area contributed by atoms with Gasteiger partial charge in [-0.25, -0.2) is 5.06 Å². The molecule has 18 heavy (non-hydrogen) atoms. The molecule has 0 fully saturated rings. The smallest absolute Gasteiger partial charge is 0.190 e. The zero-order valence-electron chi connectivity index (χ0n) is 10.8. The Kier molecular flexibility index (Phi) is 3.66. The van der Waals surface area contributed by atoms with Crippen molar-refractivity contribution < 1.29 is 9.57 Å². The van der Waals surface area contributed by atoms with E-state index in [1.54, 1.807) is 12.2 Å². The van der Waals surface area contributed by atoms with Crippen LogP contribution in [-0.4, -0.2) is 19.4 Å². The number of anilines is 1. The summed E-state index contributed by atoms with van der Waals surface area (Å²) in [7, 11) is 1.58. The normalized spacial score (nSPS) is 18.3. The van der Waals surface area contributed by atoms with Crippen LogP contribution < -0.4 is 5.06 Å². The molecule has 0 amide bonds. The molecule has 1 aromatic carbocycles. The molecule has 4 nitrogen and oxygen atoms in total. The van der Waals surface area contributed by atoms with Crippen molar-refractivity contribution >= 4 is 11.8 Å². The fourth-order valence-electron chi connectivity index (χ4n) is 1.97. The van der Waals surface area contributed by atoms with Gasteiger partial charge >= 0.3 is 0 Å². The van der Waals surface area contributed by atoms with E-state index in [2.05, 4.69) is 6.07 Å². The Labute approximate surface area is 107 Å². The zero-order valence-corrected chi connectivity index (χ0v) is 10.8. The molecule has 0 saturated carbocycles. The molecule has 0 bridgehead atoms. The van der Waals surface area contributed by atoms with Crippen molar-refractivity contribution in [2.45, 2.75) is 26.2 Å². The second-order valence-electron chi connectivity index (χ2n) is 4.32. The highest BCUT2D eigenvalue weighted by atomic mass is 16.7. The first-order chi connectivity index (χ1) is 8.67. The number of para-hydroxylation sites is 1. The molecule has 1 unspecified atom stereocenters. The first-order valence-corrected chi connectivity index (χ1v) is 5.87. The lowest BCUT2D eigenvalue weighted by Gasteiger charge is -2.35. The number of hydrogen-bond donors (Lipinski definition) is 0. The van der Waals surface area contributed by atoms with E-state index in [-0.39, 0.29) is 6.10 Å². The van der Waals surface area contributed by atoms with Gasteiger partial charge in [-0.3, -0.25) is 4.84 Å². The molecule has 0 aromatic heterocycles. The molecule has 4 heteroatoms. The van der Waals surface area contributed by atoms with E-state index in [4.69, 9.17) is 9.57 Å². The molecule has 1 aromatic rings.